The maximum atomic E-state index is 12.3. The maximum absolute atomic E-state index is 12.3. The fourth-order valence-electron chi connectivity index (χ4n) is 3.51. The highest BCUT2D eigenvalue weighted by atomic mass is 127. The van der Waals surface area contributed by atoms with E-state index in [4.69, 9.17) is 10.2 Å². The molecule has 0 aliphatic heterocycles. The van der Waals surface area contributed by atoms with E-state index in [-0.39, 0.29) is 29.9 Å². The molecule has 0 unspecified atom stereocenters. The summed E-state index contributed by atoms with van der Waals surface area (Å²) in [6.07, 6.45) is 5.08. The first-order valence-corrected chi connectivity index (χ1v) is 9.75. The number of aryl methyl sites for hydroxylation is 2. The molecule has 156 valence electrons. The number of furan rings is 1. The van der Waals surface area contributed by atoms with Gasteiger partial charge in [0.25, 0.3) is 5.91 Å². The van der Waals surface area contributed by atoms with Crippen LogP contribution in [0, 0.1) is 0 Å². The predicted molar refractivity (Wildman–Crippen MR) is 129 cm³/mol. The van der Waals surface area contributed by atoms with Crippen molar-refractivity contribution in [1.29, 1.82) is 0 Å². The van der Waals surface area contributed by atoms with Crippen LogP contribution in [0.25, 0.3) is 0 Å². The first-order valence-electron chi connectivity index (χ1n) is 9.75. The van der Waals surface area contributed by atoms with Gasteiger partial charge in [-0.1, -0.05) is 18.2 Å². The van der Waals surface area contributed by atoms with Crippen LogP contribution in [-0.2, 0) is 25.9 Å². The number of amides is 1. The van der Waals surface area contributed by atoms with E-state index in [1.165, 1.54) is 17.5 Å². The third-order valence-corrected chi connectivity index (χ3v) is 5.00. The number of carbonyl (C=O) groups excluding carboxylic acids is 1. The summed E-state index contributed by atoms with van der Waals surface area (Å²) in [5.74, 6) is 0.914. The Morgan fingerprint density at radius 2 is 1.93 bits per heavy atom. The van der Waals surface area contributed by atoms with E-state index in [1.54, 1.807) is 18.4 Å². The quantitative estimate of drug-likeness (QED) is 0.260. The first kappa shape index (κ1) is 21.9. The zero-order valence-electron chi connectivity index (χ0n) is 16.6. The monoisotopic (exact) mass is 516 g/mol. The summed E-state index contributed by atoms with van der Waals surface area (Å²) in [7, 11) is 0. The van der Waals surface area contributed by atoms with Crippen molar-refractivity contribution in [3.05, 3.63) is 88.9 Å². The molecule has 0 bridgehead atoms. The summed E-state index contributed by atoms with van der Waals surface area (Å²) in [6.45, 7) is 0.745. The molecule has 7 heteroatoms. The molecule has 0 spiro atoms. The lowest BCUT2D eigenvalue weighted by Crippen LogP contribution is -2.23. The minimum absolute atomic E-state index is 0. The maximum Gasteiger partial charge on any atom is 0.251 e. The van der Waals surface area contributed by atoms with Gasteiger partial charge in [-0.25, -0.2) is 4.99 Å². The van der Waals surface area contributed by atoms with Gasteiger partial charge in [-0.3, -0.25) is 4.79 Å². The molecule has 1 amide bonds. The van der Waals surface area contributed by atoms with Gasteiger partial charge >= 0.3 is 0 Å². The van der Waals surface area contributed by atoms with E-state index in [0.717, 1.165) is 24.1 Å². The van der Waals surface area contributed by atoms with E-state index < -0.39 is 0 Å². The van der Waals surface area contributed by atoms with E-state index >= 15 is 0 Å². The number of carbonyl (C=O) groups is 1. The lowest BCUT2D eigenvalue weighted by Gasteiger charge is -2.08. The third kappa shape index (κ3) is 5.63. The van der Waals surface area contributed by atoms with Gasteiger partial charge in [-0.05, 0) is 72.4 Å². The molecule has 0 radical (unpaired) electrons. The average Bonchev–Trinajstić information content (AvgIpc) is 3.42. The van der Waals surface area contributed by atoms with Gasteiger partial charge in [0.2, 0.25) is 0 Å². The molecular formula is C23H25IN4O2. The molecule has 1 heterocycles. The fourth-order valence-corrected chi connectivity index (χ4v) is 3.51. The Morgan fingerprint density at radius 3 is 2.77 bits per heavy atom. The topological polar surface area (TPSA) is 92.6 Å². The molecule has 1 aliphatic carbocycles. The molecule has 3 aromatic rings. The molecule has 0 saturated heterocycles. The largest absolute Gasteiger partial charge is 0.467 e. The molecular weight excluding hydrogens is 491 g/mol. The van der Waals surface area contributed by atoms with Gasteiger partial charge in [0.1, 0.15) is 5.76 Å². The highest BCUT2D eigenvalue weighted by molar-refractivity contribution is 14.0. The van der Waals surface area contributed by atoms with Crippen molar-refractivity contribution in [3.63, 3.8) is 0 Å². The molecule has 1 aromatic heterocycles. The Hall–Kier alpha value is -2.81. The Balaban J connectivity index is 0.00000256. The van der Waals surface area contributed by atoms with Gasteiger partial charge in [0.05, 0.1) is 19.4 Å². The summed E-state index contributed by atoms with van der Waals surface area (Å²) >= 11 is 0. The van der Waals surface area contributed by atoms with Crippen molar-refractivity contribution >= 4 is 41.5 Å². The molecule has 2 aromatic carbocycles. The number of benzene rings is 2. The number of halogens is 1. The van der Waals surface area contributed by atoms with Gasteiger partial charge in [-0.15, -0.1) is 24.0 Å². The van der Waals surface area contributed by atoms with Crippen LogP contribution in [-0.4, -0.2) is 11.9 Å². The Kier molecular flexibility index (Phi) is 7.51. The summed E-state index contributed by atoms with van der Waals surface area (Å²) in [4.78, 5) is 16.7. The number of hydrogen-bond acceptors (Lipinski definition) is 3. The first-order chi connectivity index (χ1) is 14.2. The van der Waals surface area contributed by atoms with E-state index in [9.17, 15) is 4.79 Å². The zero-order chi connectivity index (χ0) is 20.1. The lowest BCUT2D eigenvalue weighted by atomic mass is 10.1. The van der Waals surface area contributed by atoms with E-state index in [0.29, 0.717) is 30.4 Å². The van der Waals surface area contributed by atoms with Crippen LogP contribution in [0.15, 0.2) is 70.3 Å². The number of rotatable bonds is 6. The minimum Gasteiger partial charge on any atom is -0.467 e. The Labute approximate surface area is 193 Å². The van der Waals surface area contributed by atoms with Gasteiger partial charge in [-0.2, -0.15) is 0 Å². The van der Waals surface area contributed by atoms with Crippen molar-refractivity contribution in [2.24, 2.45) is 10.7 Å². The van der Waals surface area contributed by atoms with Crippen molar-refractivity contribution in [3.8, 4) is 0 Å². The summed E-state index contributed by atoms with van der Waals surface area (Å²) in [5, 5.41) is 5.99. The van der Waals surface area contributed by atoms with Crippen LogP contribution in [0.5, 0.6) is 0 Å². The number of anilines is 1. The summed E-state index contributed by atoms with van der Waals surface area (Å²) in [6, 6.07) is 17.3. The van der Waals surface area contributed by atoms with E-state index in [1.807, 2.05) is 30.3 Å². The molecule has 0 fully saturated rings. The second-order valence-electron chi connectivity index (χ2n) is 7.13. The van der Waals surface area contributed by atoms with Crippen molar-refractivity contribution in [2.45, 2.75) is 32.4 Å². The standard InChI is InChI=1S/C23H24N4O2.HI/c24-23(27-20-10-9-17-5-2-6-18(17)13-20)26-14-16-4-1-7-19(12-16)22(28)25-15-21-8-3-11-29-21;/h1,3-4,7-13H,2,5-6,14-15H2,(H,25,28)(H3,24,26,27);1H. The fraction of sp³-hybridized carbons (Fsp3) is 0.217. The second kappa shape index (κ2) is 10.3. The van der Waals surface area contributed by atoms with Gasteiger partial charge in [0.15, 0.2) is 5.96 Å². The predicted octanol–water partition coefficient (Wildman–Crippen LogP) is 4.24. The third-order valence-electron chi connectivity index (χ3n) is 5.00. The van der Waals surface area contributed by atoms with Crippen LogP contribution < -0.4 is 16.4 Å². The number of aliphatic imine (C=N–C) groups is 1. The number of nitrogens with zero attached hydrogens (tertiary/aromatic N) is 1. The van der Waals surface area contributed by atoms with Crippen molar-refractivity contribution in [2.75, 3.05) is 5.32 Å². The number of nitrogens with two attached hydrogens (primary N) is 1. The van der Waals surface area contributed by atoms with Gasteiger partial charge < -0.3 is 20.8 Å². The van der Waals surface area contributed by atoms with Crippen LogP contribution in [0.2, 0.25) is 0 Å². The summed E-state index contributed by atoms with van der Waals surface area (Å²) < 4.78 is 5.23. The van der Waals surface area contributed by atoms with Crippen LogP contribution in [0.3, 0.4) is 0 Å². The smallest absolute Gasteiger partial charge is 0.251 e. The molecule has 4 rings (SSSR count). The van der Waals surface area contributed by atoms with E-state index in [2.05, 4.69) is 27.8 Å². The molecule has 4 N–H and O–H groups in total. The lowest BCUT2D eigenvalue weighted by molar-refractivity contribution is 0.0948. The SMILES string of the molecule is I.NC(=NCc1cccc(C(=O)NCc2ccco2)c1)Nc1ccc2c(c1)CCC2. The molecule has 0 atom stereocenters. The van der Waals surface area contributed by atoms with Crippen LogP contribution in [0.4, 0.5) is 5.69 Å². The molecule has 1 aliphatic rings. The molecule has 6 nitrogen and oxygen atoms in total. The van der Waals surface area contributed by atoms with Crippen LogP contribution >= 0.6 is 24.0 Å². The average molecular weight is 516 g/mol. The Morgan fingerprint density at radius 1 is 1.07 bits per heavy atom. The second-order valence-corrected chi connectivity index (χ2v) is 7.13. The normalized spacial score (nSPS) is 12.7. The molecule has 0 saturated carbocycles. The number of nitrogens with one attached hydrogen (secondary N) is 2. The number of fused-ring (bicyclic) bond motifs is 1. The Bertz CT molecular complexity index is 1030. The van der Waals surface area contributed by atoms with Crippen LogP contribution in [0.1, 0.15) is 39.2 Å². The highest BCUT2D eigenvalue weighted by Crippen LogP contribution is 2.24. The molecule has 30 heavy (non-hydrogen) atoms. The number of guanidine groups is 1. The van der Waals surface area contributed by atoms with Crippen molar-refractivity contribution < 1.29 is 9.21 Å². The zero-order valence-corrected chi connectivity index (χ0v) is 18.9. The van der Waals surface area contributed by atoms with Gasteiger partial charge in [0, 0.05) is 11.3 Å². The minimum atomic E-state index is -0.156. The highest BCUT2D eigenvalue weighted by Gasteiger charge is 2.11. The summed E-state index contributed by atoms with van der Waals surface area (Å²) in [5.41, 5.74) is 11.3. The van der Waals surface area contributed by atoms with Crippen molar-refractivity contribution in [1.82, 2.24) is 5.32 Å². The number of hydrogen-bond donors (Lipinski definition) is 3.